The number of likely N-dealkylation sites (tertiary alicyclic amines) is 1. The Balaban J connectivity index is 1.61. The monoisotopic (exact) mass is 699 g/mol. The Bertz CT molecular complexity index is 1350. The van der Waals surface area contributed by atoms with Crippen molar-refractivity contribution in [3.63, 3.8) is 0 Å². The molecule has 0 unspecified atom stereocenters. The van der Waals surface area contributed by atoms with Crippen LogP contribution in [0, 0.1) is 17.8 Å². The highest BCUT2D eigenvalue weighted by Gasteiger charge is 2.75. The molecule has 0 aliphatic carbocycles. The van der Waals surface area contributed by atoms with E-state index < -0.39 is 53.6 Å². The van der Waals surface area contributed by atoms with Gasteiger partial charge in [0.2, 0.25) is 17.7 Å². The molecule has 2 saturated heterocycles. The number of carbonyl (C=O) groups is 4. The predicted octanol–water partition coefficient (Wildman–Crippen LogP) is 4.04. The lowest BCUT2D eigenvalue weighted by molar-refractivity contribution is -0.161. The van der Waals surface area contributed by atoms with Gasteiger partial charge in [0.25, 0.3) is 0 Å². The Hall–Kier alpha value is -3.02. The summed E-state index contributed by atoms with van der Waals surface area (Å²) >= 11 is 3.60. The van der Waals surface area contributed by atoms with E-state index >= 15 is 0 Å². The Morgan fingerprint density at radius 1 is 1.09 bits per heavy atom. The van der Waals surface area contributed by atoms with Crippen LogP contribution in [0.1, 0.15) is 71.0 Å². The molecule has 2 N–H and O–H groups in total. The molecule has 46 heavy (non-hydrogen) atoms. The van der Waals surface area contributed by atoms with Crippen LogP contribution in [0.15, 0.2) is 53.0 Å². The third-order valence-electron chi connectivity index (χ3n) is 10.0. The van der Waals surface area contributed by atoms with Crippen molar-refractivity contribution in [2.24, 2.45) is 17.8 Å². The molecule has 5 rings (SSSR count). The van der Waals surface area contributed by atoms with Crippen LogP contribution in [-0.2, 0) is 28.7 Å². The van der Waals surface area contributed by atoms with Gasteiger partial charge in [0, 0.05) is 24.0 Å². The van der Waals surface area contributed by atoms with Gasteiger partial charge in [0.1, 0.15) is 29.8 Å². The zero-order valence-corrected chi connectivity index (χ0v) is 28.5. The Kier molecular flexibility index (Phi) is 11.1. The number of nitrogens with zero attached hydrogens (tertiary/aromatic N) is 2. The van der Waals surface area contributed by atoms with Crippen molar-refractivity contribution in [1.29, 1.82) is 0 Å². The number of aliphatic hydroxyl groups excluding tert-OH is 1. The number of benzene rings is 1. The summed E-state index contributed by atoms with van der Waals surface area (Å²) in [5.41, 5.74) is -0.714. The molecule has 0 radical (unpaired) electrons. The third-order valence-corrected chi connectivity index (χ3v) is 10.7. The number of allylic oxidation sites excluding steroid dienone is 1. The first-order valence-electron chi connectivity index (χ1n) is 16.6. The average molecular weight is 701 g/mol. The first kappa shape index (κ1) is 34.3. The fourth-order valence-electron chi connectivity index (χ4n) is 7.34. The molecule has 3 amide bonds. The second-order valence-electron chi connectivity index (χ2n) is 12.8. The van der Waals surface area contributed by atoms with Crippen molar-refractivity contribution in [3.05, 3.63) is 58.6 Å². The Morgan fingerprint density at radius 3 is 2.54 bits per heavy atom. The summed E-state index contributed by atoms with van der Waals surface area (Å²) in [7, 11) is 0. The van der Waals surface area contributed by atoms with Gasteiger partial charge in [-0.05, 0) is 30.4 Å². The molecule has 8 atom stereocenters. The van der Waals surface area contributed by atoms with Crippen LogP contribution < -0.4 is 5.32 Å². The molecule has 1 aromatic carbocycles. The van der Waals surface area contributed by atoms with Gasteiger partial charge in [-0.15, -0.1) is 0 Å². The van der Waals surface area contributed by atoms with Crippen LogP contribution in [0.5, 0.6) is 0 Å². The molecule has 0 saturated carbocycles. The SMILES string of the molecule is CCCCCN1C/C=C\CCC(=O)NC[C@@H](c2ccccc2)OC(=O)[C@@H]2[C@H]3O[C@@]4(C=C3Br)[C@H](C1=O)N([C@@H](CO)[C@@H](C)CC)C(=O)[C@@H]24. The number of halogens is 1. The summed E-state index contributed by atoms with van der Waals surface area (Å²) in [6.07, 6.45) is 8.05. The van der Waals surface area contributed by atoms with Crippen LogP contribution >= 0.6 is 15.9 Å². The molecule has 4 aliphatic heterocycles. The van der Waals surface area contributed by atoms with E-state index in [0.717, 1.165) is 19.3 Å². The van der Waals surface area contributed by atoms with Gasteiger partial charge in [-0.2, -0.15) is 0 Å². The predicted molar refractivity (Wildman–Crippen MR) is 175 cm³/mol. The lowest BCUT2D eigenvalue weighted by atomic mass is 9.74. The van der Waals surface area contributed by atoms with Gasteiger partial charge in [-0.3, -0.25) is 19.2 Å². The second kappa shape index (κ2) is 14.8. The standard InChI is InChI=1S/C35H46BrN3O7/c1-4-6-12-17-38-18-13-8-11-16-27(41)37-20-26(23-14-9-7-10-15-23)45-34(44)28-29-32(42)39(25(21-40)22(3)5-2)31(33(38)43)35(29)19-24(36)30(28)46-35/h7-10,13-15,19,22,25-26,28-31,40H,4-6,11-12,16-18,20-21H2,1-3H3,(H,37,41)/b13-8-/t22-,25-,26-,28-,29+,30-,31-,35+/m0/s1. The van der Waals surface area contributed by atoms with E-state index in [9.17, 15) is 24.3 Å². The summed E-state index contributed by atoms with van der Waals surface area (Å²) in [5, 5.41) is 13.6. The van der Waals surface area contributed by atoms with E-state index in [2.05, 4.69) is 28.2 Å². The van der Waals surface area contributed by atoms with Crippen LogP contribution in [0.25, 0.3) is 0 Å². The van der Waals surface area contributed by atoms with E-state index in [4.69, 9.17) is 9.47 Å². The summed E-state index contributed by atoms with van der Waals surface area (Å²) in [6.45, 7) is 6.54. The molecule has 1 aromatic rings. The molecule has 2 fully saturated rings. The van der Waals surface area contributed by atoms with Gasteiger partial charge < -0.3 is 29.7 Å². The zero-order chi connectivity index (χ0) is 33.0. The highest BCUT2D eigenvalue weighted by molar-refractivity contribution is 9.11. The molecule has 0 aromatic heterocycles. The van der Waals surface area contributed by atoms with Crippen LogP contribution in [0.4, 0.5) is 0 Å². The molecule has 4 heterocycles. The summed E-state index contributed by atoms with van der Waals surface area (Å²) in [6, 6.07) is 7.44. The number of cyclic esters (lactones) is 1. The molecular formula is C35H46BrN3O7. The molecular weight excluding hydrogens is 654 g/mol. The van der Waals surface area contributed by atoms with Crippen molar-refractivity contribution in [3.8, 4) is 0 Å². The smallest absolute Gasteiger partial charge is 0.313 e. The highest BCUT2D eigenvalue weighted by Crippen LogP contribution is 2.59. The quantitative estimate of drug-likeness (QED) is 0.227. The van der Waals surface area contributed by atoms with Crippen LogP contribution in [0.3, 0.4) is 0 Å². The van der Waals surface area contributed by atoms with E-state index in [1.165, 1.54) is 4.90 Å². The largest absolute Gasteiger partial charge is 0.455 e. The first-order valence-corrected chi connectivity index (χ1v) is 17.4. The third kappa shape index (κ3) is 6.42. The minimum atomic E-state index is -1.42. The fourth-order valence-corrected chi connectivity index (χ4v) is 8.07. The maximum atomic E-state index is 14.8. The number of unbranched alkanes of at least 4 members (excludes halogenated alkanes) is 2. The van der Waals surface area contributed by atoms with Crippen molar-refractivity contribution >= 4 is 39.6 Å². The number of esters is 1. The van der Waals surface area contributed by atoms with Crippen molar-refractivity contribution in [2.45, 2.75) is 89.2 Å². The fraction of sp³-hybridized carbons (Fsp3) is 0.600. The minimum absolute atomic E-state index is 0.0658. The number of aliphatic hydroxyl groups is 1. The molecule has 4 aliphatic rings. The number of amides is 3. The van der Waals surface area contributed by atoms with Gasteiger partial charge in [0.05, 0.1) is 25.1 Å². The lowest BCUT2D eigenvalue weighted by Crippen LogP contribution is -2.59. The van der Waals surface area contributed by atoms with Gasteiger partial charge in [-0.1, -0.05) is 98.4 Å². The van der Waals surface area contributed by atoms with Crippen molar-refractivity contribution in [1.82, 2.24) is 15.1 Å². The number of fused-ring (bicyclic) bond motifs is 2. The van der Waals surface area contributed by atoms with E-state index in [0.29, 0.717) is 36.0 Å². The van der Waals surface area contributed by atoms with E-state index in [-0.39, 0.29) is 37.3 Å². The average Bonchev–Trinajstić information content (AvgIpc) is 3.65. The molecule has 5 bridgehead atoms. The Labute approximate surface area is 279 Å². The summed E-state index contributed by atoms with van der Waals surface area (Å²) < 4.78 is 13.3. The number of ether oxygens (including phenoxy) is 2. The van der Waals surface area contributed by atoms with Crippen molar-refractivity contribution < 1.29 is 33.8 Å². The molecule has 10 nitrogen and oxygen atoms in total. The van der Waals surface area contributed by atoms with Gasteiger partial charge in [-0.25, -0.2) is 0 Å². The van der Waals surface area contributed by atoms with E-state index in [1.807, 2.05) is 56.3 Å². The molecule has 11 heteroatoms. The van der Waals surface area contributed by atoms with Crippen molar-refractivity contribution in [2.75, 3.05) is 26.2 Å². The number of hydrogen-bond donors (Lipinski definition) is 2. The first-order chi connectivity index (χ1) is 22.2. The number of nitrogens with one attached hydrogen (secondary N) is 1. The number of rotatable bonds is 9. The lowest BCUT2D eigenvalue weighted by Gasteiger charge is -2.40. The van der Waals surface area contributed by atoms with E-state index in [1.54, 1.807) is 11.0 Å². The van der Waals surface area contributed by atoms with Gasteiger partial charge >= 0.3 is 5.97 Å². The second-order valence-corrected chi connectivity index (χ2v) is 13.8. The Morgan fingerprint density at radius 2 is 1.85 bits per heavy atom. The normalized spacial score (nSPS) is 32.1. The molecule has 1 spiro atoms. The topological polar surface area (TPSA) is 125 Å². The highest BCUT2D eigenvalue weighted by atomic mass is 79.9. The van der Waals surface area contributed by atoms with Crippen LogP contribution in [-0.4, -0.2) is 88.6 Å². The maximum absolute atomic E-state index is 14.8. The zero-order valence-electron chi connectivity index (χ0n) is 26.9. The maximum Gasteiger partial charge on any atom is 0.313 e. The van der Waals surface area contributed by atoms with Gasteiger partial charge in [0.15, 0.2) is 0 Å². The van der Waals surface area contributed by atoms with Crippen LogP contribution in [0.2, 0.25) is 0 Å². The minimum Gasteiger partial charge on any atom is -0.455 e. The number of hydrogen-bond acceptors (Lipinski definition) is 7. The summed E-state index contributed by atoms with van der Waals surface area (Å²) in [4.78, 5) is 59.7. The summed E-state index contributed by atoms with van der Waals surface area (Å²) in [5.74, 6) is -3.67. The molecule has 250 valence electrons. The number of carbonyl (C=O) groups excluding carboxylic acids is 4.